The van der Waals surface area contributed by atoms with Gasteiger partial charge >= 0.3 is 6.18 Å². The predicted molar refractivity (Wildman–Crippen MR) is 59.7 cm³/mol. The van der Waals surface area contributed by atoms with Crippen molar-refractivity contribution in [2.75, 3.05) is 20.1 Å². The van der Waals surface area contributed by atoms with Gasteiger partial charge in [-0.15, -0.1) is 0 Å². The maximum atomic E-state index is 11.9. The van der Waals surface area contributed by atoms with Crippen molar-refractivity contribution in [3.8, 4) is 0 Å². The highest BCUT2D eigenvalue weighted by Crippen LogP contribution is 2.18. The molecule has 0 aliphatic heterocycles. The van der Waals surface area contributed by atoms with Crippen LogP contribution >= 0.6 is 11.6 Å². The first-order valence-electron chi connectivity index (χ1n) is 5.02. The minimum absolute atomic E-state index is 0.0350. The highest BCUT2D eigenvalue weighted by Gasteiger charge is 2.28. The maximum Gasteiger partial charge on any atom is 0.405 e. The Balaban J connectivity index is 2.51. The molecule has 0 saturated heterocycles. The summed E-state index contributed by atoms with van der Waals surface area (Å²) in [6.45, 7) is -1.96. The second-order valence-electron chi connectivity index (χ2n) is 3.66. The number of amides is 2. The van der Waals surface area contributed by atoms with E-state index in [2.05, 4.69) is 0 Å². The van der Waals surface area contributed by atoms with Crippen LogP contribution in [-0.2, 0) is 4.79 Å². The zero-order valence-electron chi connectivity index (χ0n) is 9.75. The molecule has 0 radical (unpaired) electrons. The molecular formula is C10H10ClF3N2O3. The number of nitrogens with one attached hydrogen (secondary N) is 1. The van der Waals surface area contributed by atoms with Crippen LogP contribution in [0.15, 0.2) is 16.7 Å². The molecule has 1 rings (SSSR count). The van der Waals surface area contributed by atoms with Gasteiger partial charge in [0.15, 0.2) is 0 Å². The number of likely N-dealkylation sites (N-methyl/N-ethyl adjacent to an activating group) is 1. The Kier molecular flexibility index (Phi) is 4.82. The van der Waals surface area contributed by atoms with Gasteiger partial charge in [0.1, 0.15) is 6.54 Å². The number of furan rings is 1. The fourth-order valence-corrected chi connectivity index (χ4v) is 1.39. The van der Waals surface area contributed by atoms with Crippen molar-refractivity contribution in [1.82, 2.24) is 10.2 Å². The van der Waals surface area contributed by atoms with Crippen molar-refractivity contribution in [1.29, 1.82) is 0 Å². The van der Waals surface area contributed by atoms with Gasteiger partial charge in [-0.1, -0.05) is 0 Å². The Morgan fingerprint density at radius 1 is 1.47 bits per heavy atom. The number of carbonyl (C=O) groups is 2. The lowest BCUT2D eigenvalue weighted by atomic mass is 10.3. The maximum absolute atomic E-state index is 11.9. The minimum Gasteiger partial charge on any atom is -0.452 e. The monoisotopic (exact) mass is 298 g/mol. The van der Waals surface area contributed by atoms with E-state index in [4.69, 9.17) is 16.0 Å². The lowest BCUT2D eigenvalue weighted by Crippen LogP contribution is -2.41. The van der Waals surface area contributed by atoms with E-state index in [0.29, 0.717) is 0 Å². The molecule has 0 spiro atoms. The second kappa shape index (κ2) is 5.96. The van der Waals surface area contributed by atoms with E-state index in [-0.39, 0.29) is 10.8 Å². The lowest BCUT2D eigenvalue weighted by molar-refractivity contribution is -0.138. The van der Waals surface area contributed by atoms with E-state index in [1.165, 1.54) is 19.4 Å². The summed E-state index contributed by atoms with van der Waals surface area (Å²) in [5, 5.41) is 1.51. The van der Waals surface area contributed by atoms with E-state index in [1.807, 2.05) is 0 Å². The molecule has 9 heteroatoms. The summed E-state index contributed by atoms with van der Waals surface area (Å²) in [5.74, 6) is -1.55. The smallest absolute Gasteiger partial charge is 0.405 e. The van der Waals surface area contributed by atoms with Crippen molar-refractivity contribution in [3.05, 3.63) is 23.1 Å². The van der Waals surface area contributed by atoms with Crippen LogP contribution in [0.2, 0.25) is 5.22 Å². The molecule has 19 heavy (non-hydrogen) atoms. The van der Waals surface area contributed by atoms with Gasteiger partial charge in [0.05, 0.1) is 18.4 Å². The molecule has 0 aliphatic carbocycles. The molecule has 2 amide bonds. The third-order valence-corrected chi connectivity index (χ3v) is 2.35. The first-order chi connectivity index (χ1) is 8.70. The van der Waals surface area contributed by atoms with E-state index in [0.717, 1.165) is 4.90 Å². The third kappa shape index (κ3) is 4.82. The number of alkyl halides is 3. The van der Waals surface area contributed by atoms with Crippen LogP contribution in [0.25, 0.3) is 0 Å². The van der Waals surface area contributed by atoms with Gasteiger partial charge in [-0.25, -0.2) is 0 Å². The van der Waals surface area contributed by atoms with Crippen LogP contribution in [-0.4, -0.2) is 43.0 Å². The molecule has 0 bridgehead atoms. The molecule has 1 aromatic heterocycles. The average Bonchev–Trinajstić information content (AvgIpc) is 2.71. The lowest BCUT2D eigenvalue weighted by Gasteiger charge is -2.16. The summed E-state index contributed by atoms with van der Waals surface area (Å²) < 4.78 is 40.3. The average molecular weight is 299 g/mol. The first-order valence-corrected chi connectivity index (χ1v) is 5.40. The molecule has 0 atom stereocenters. The van der Waals surface area contributed by atoms with Gasteiger partial charge in [-0.2, -0.15) is 13.2 Å². The van der Waals surface area contributed by atoms with E-state index in [9.17, 15) is 22.8 Å². The second-order valence-corrected chi connectivity index (χ2v) is 4.00. The molecule has 1 heterocycles. The summed E-state index contributed by atoms with van der Waals surface area (Å²) in [5.41, 5.74) is 0.0350. The summed E-state index contributed by atoms with van der Waals surface area (Å²) in [6.07, 6.45) is -3.31. The summed E-state index contributed by atoms with van der Waals surface area (Å²) in [7, 11) is 1.26. The standard InChI is InChI=1S/C10H10ClF3N2O3/c1-16(4-7(17)15-5-10(12,13)14)9(18)6-2-3-19-8(6)11/h2-3H,4-5H2,1H3,(H,15,17). The Labute approximate surface area is 111 Å². The number of nitrogens with zero attached hydrogens (tertiary/aromatic N) is 1. The molecule has 106 valence electrons. The van der Waals surface area contributed by atoms with Crippen molar-refractivity contribution in [2.24, 2.45) is 0 Å². The van der Waals surface area contributed by atoms with Crippen LogP contribution in [0.4, 0.5) is 13.2 Å². The van der Waals surface area contributed by atoms with Crippen LogP contribution in [0.3, 0.4) is 0 Å². The molecule has 0 fully saturated rings. The Bertz CT molecular complexity index is 473. The Morgan fingerprint density at radius 2 is 2.11 bits per heavy atom. The summed E-state index contributed by atoms with van der Waals surface area (Å²) in [4.78, 5) is 23.9. The largest absolute Gasteiger partial charge is 0.452 e. The van der Waals surface area contributed by atoms with Crippen LogP contribution in [0.1, 0.15) is 10.4 Å². The molecule has 1 N–H and O–H groups in total. The van der Waals surface area contributed by atoms with Crippen LogP contribution in [0, 0.1) is 0 Å². The van der Waals surface area contributed by atoms with Gasteiger partial charge in [0.25, 0.3) is 5.91 Å². The highest BCUT2D eigenvalue weighted by atomic mass is 35.5. The fourth-order valence-electron chi connectivity index (χ4n) is 1.19. The Morgan fingerprint density at radius 3 is 2.58 bits per heavy atom. The zero-order valence-corrected chi connectivity index (χ0v) is 10.5. The number of halogens is 4. The molecule has 5 nitrogen and oxygen atoms in total. The minimum atomic E-state index is -4.49. The van der Waals surface area contributed by atoms with E-state index < -0.39 is 31.1 Å². The van der Waals surface area contributed by atoms with E-state index in [1.54, 1.807) is 5.32 Å². The number of carbonyl (C=O) groups excluding carboxylic acids is 2. The summed E-state index contributed by atoms with van der Waals surface area (Å²) >= 11 is 5.57. The van der Waals surface area contributed by atoms with Gasteiger partial charge in [-0.05, 0) is 17.7 Å². The summed E-state index contributed by atoms with van der Waals surface area (Å²) in [6, 6.07) is 1.30. The van der Waals surface area contributed by atoms with Crippen LogP contribution < -0.4 is 5.32 Å². The van der Waals surface area contributed by atoms with Gasteiger partial charge in [0.2, 0.25) is 11.1 Å². The molecular weight excluding hydrogens is 289 g/mol. The number of hydrogen-bond donors (Lipinski definition) is 1. The molecule has 0 aliphatic rings. The quantitative estimate of drug-likeness (QED) is 0.920. The first kappa shape index (κ1) is 15.4. The normalized spacial score (nSPS) is 11.2. The molecule has 0 unspecified atom stereocenters. The van der Waals surface area contributed by atoms with Gasteiger partial charge < -0.3 is 14.6 Å². The van der Waals surface area contributed by atoms with Crippen molar-refractivity contribution >= 4 is 23.4 Å². The highest BCUT2D eigenvalue weighted by molar-refractivity contribution is 6.32. The molecule has 1 aromatic rings. The topological polar surface area (TPSA) is 62.6 Å². The van der Waals surface area contributed by atoms with Gasteiger partial charge in [0, 0.05) is 7.05 Å². The third-order valence-electron chi connectivity index (χ3n) is 2.06. The number of rotatable bonds is 4. The zero-order chi connectivity index (χ0) is 14.6. The molecule has 0 aromatic carbocycles. The van der Waals surface area contributed by atoms with Crippen molar-refractivity contribution in [3.63, 3.8) is 0 Å². The van der Waals surface area contributed by atoms with Crippen LogP contribution in [0.5, 0.6) is 0 Å². The predicted octanol–water partition coefficient (Wildman–Crippen LogP) is 1.68. The number of hydrogen-bond acceptors (Lipinski definition) is 3. The van der Waals surface area contributed by atoms with Crippen molar-refractivity contribution < 1.29 is 27.2 Å². The molecule has 0 saturated carbocycles. The SMILES string of the molecule is CN(CC(=O)NCC(F)(F)F)C(=O)c1ccoc1Cl. The Hall–Kier alpha value is -1.70. The van der Waals surface area contributed by atoms with Crippen molar-refractivity contribution in [2.45, 2.75) is 6.18 Å². The van der Waals surface area contributed by atoms with E-state index >= 15 is 0 Å². The van der Waals surface area contributed by atoms with Gasteiger partial charge in [-0.3, -0.25) is 9.59 Å². The fraction of sp³-hybridized carbons (Fsp3) is 0.400.